The van der Waals surface area contributed by atoms with Crippen LogP contribution in [-0.2, 0) is 0 Å². The zero-order valence-electron chi connectivity index (χ0n) is 5.80. The minimum Gasteiger partial charge on any atom is -0.331 e. The number of alkyl halides is 1. The molecular weight excluding hydrogens is 149 g/mol. The van der Waals surface area contributed by atoms with E-state index in [1.165, 1.54) is 11.9 Å². The number of hydrogen-bond acceptors (Lipinski definition) is 2. The summed E-state index contributed by atoms with van der Waals surface area (Å²) >= 11 is 1.42. The van der Waals surface area contributed by atoms with Crippen molar-refractivity contribution in [1.82, 2.24) is 4.72 Å². The van der Waals surface area contributed by atoms with Crippen LogP contribution in [0.15, 0.2) is 23.9 Å². The van der Waals surface area contributed by atoms with Crippen LogP contribution in [0.1, 0.15) is 6.42 Å². The second-order valence-electron chi connectivity index (χ2n) is 2.06. The van der Waals surface area contributed by atoms with Gasteiger partial charge in [0, 0.05) is 12.7 Å². The maximum absolute atomic E-state index is 12.8. The van der Waals surface area contributed by atoms with E-state index in [1.807, 2.05) is 18.4 Å². The zero-order valence-corrected chi connectivity index (χ0v) is 6.62. The van der Waals surface area contributed by atoms with E-state index in [0.29, 0.717) is 12.1 Å². The summed E-state index contributed by atoms with van der Waals surface area (Å²) in [4.78, 5) is 0. The second-order valence-corrected chi connectivity index (χ2v) is 2.67. The molecule has 1 atom stereocenters. The third-order valence-electron chi connectivity index (χ3n) is 1.31. The van der Waals surface area contributed by atoms with Gasteiger partial charge in [0.05, 0.1) is 5.70 Å². The first-order valence-electron chi connectivity index (χ1n) is 3.14. The Balaban J connectivity index is 2.52. The lowest BCUT2D eigenvalue weighted by molar-refractivity contribution is 0.376. The van der Waals surface area contributed by atoms with Crippen LogP contribution in [0, 0.1) is 0 Å². The lowest BCUT2D eigenvalue weighted by Crippen LogP contribution is -2.16. The van der Waals surface area contributed by atoms with Crippen molar-refractivity contribution in [2.75, 3.05) is 6.26 Å². The van der Waals surface area contributed by atoms with Crippen molar-refractivity contribution >= 4 is 11.9 Å². The van der Waals surface area contributed by atoms with Gasteiger partial charge in [0.1, 0.15) is 6.17 Å². The molecule has 1 N–H and O–H groups in total. The molecule has 0 aliphatic heterocycles. The molecule has 0 aromatic carbocycles. The molecule has 56 valence electrons. The molecule has 10 heavy (non-hydrogen) atoms. The first-order chi connectivity index (χ1) is 4.84. The van der Waals surface area contributed by atoms with E-state index in [4.69, 9.17) is 0 Å². The fourth-order valence-electron chi connectivity index (χ4n) is 0.817. The highest BCUT2D eigenvalue weighted by molar-refractivity contribution is 7.96. The Labute approximate surface area is 64.5 Å². The van der Waals surface area contributed by atoms with Gasteiger partial charge in [-0.1, -0.05) is 24.1 Å². The molecule has 0 heterocycles. The van der Waals surface area contributed by atoms with Gasteiger partial charge in [0.2, 0.25) is 0 Å². The van der Waals surface area contributed by atoms with Crippen LogP contribution in [0.3, 0.4) is 0 Å². The molecule has 1 aliphatic carbocycles. The SMILES string of the molecule is CSNC1=CC=CCC1F. The van der Waals surface area contributed by atoms with Crippen molar-refractivity contribution in [1.29, 1.82) is 0 Å². The average molecular weight is 159 g/mol. The maximum atomic E-state index is 12.8. The molecule has 1 rings (SSSR count). The first-order valence-corrected chi connectivity index (χ1v) is 4.37. The summed E-state index contributed by atoms with van der Waals surface area (Å²) in [5.74, 6) is 0. The van der Waals surface area contributed by atoms with Crippen LogP contribution in [0.25, 0.3) is 0 Å². The van der Waals surface area contributed by atoms with Crippen LogP contribution < -0.4 is 4.72 Å². The molecule has 0 bridgehead atoms. The molecule has 0 fully saturated rings. The standard InChI is InChI=1S/C7H10FNS/c1-10-9-7-5-3-2-4-6(7)8/h2-3,5-6,9H,4H2,1H3. The van der Waals surface area contributed by atoms with Crippen molar-refractivity contribution in [3.8, 4) is 0 Å². The summed E-state index contributed by atoms with van der Waals surface area (Å²) in [5.41, 5.74) is 0.676. The van der Waals surface area contributed by atoms with Gasteiger partial charge in [-0.25, -0.2) is 4.39 Å². The van der Waals surface area contributed by atoms with Gasteiger partial charge in [-0.3, -0.25) is 0 Å². The Morgan fingerprint density at radius 2 is 2.60 bits per heavy atom. The quantitative estimate of drug-likeness (QED) is 0.619. The molecule has 0 saturated carbocycles. The summed E-state index contributed by atoms with van der Waals surface area (Å²) in [5, 5.41) is 0. The largest absolute Gasteiger partial charge is 0.331 e. The van der Waals surface area contributed by atoms with E-state index in [2.05, 4.69) is 4.72 Å². The van der Waals surface area contributed by atoms with Gasteiger partial charge >= 0.3 is 0 Å². The van der Waals surface area contributed by atoms with Crippen molar-refractivity contribution < 1.29 is 4.39 Å². The van der Waals surface area contributed by atoms with Gasteiger partial charge in [-0.15, -0.1) is 0 Å². The van der Waals surface area contributed by atoms with Crippen molar-refractivity contribution in [2.45, 2.75) is 12.6 Å². The lowest BCUT2D eigenvalue weighted by Gasteiger charge is -2.13. The minimum absolute atomic E-state index is 0.499. The van der Waals surface area contributed by atoms with Gasteiger partial charge in [0.15, 0.2) is 0 Å². The molecule has 1 aliphatic rings. The number of rotatable bonds is 2. The van der Waals surface area contributed by atoms with Crippen LogP contribution in [-0.4, -0.2) is 12.4 Å². The van der Waals surface area contributed by atoms with Crippen molar-refractivity contribution in [3.05, 3.63) is 23.9 Å². The number of allylic oxidation sites excluding steroid dienone is 4. The van der Waals surface area contributed by atoms with Gasteiger partial charge < -0.3 is 4.72 Å². The Morgan fingerprint density at radius 1 is 1.80 bits per heavy atom. The minimum atomic E-state index is -0.836. The number of nitrogens with one attached hydrogen (secondary N) is 1. The molecule has 0 amide bonds. The topological polar surface area (TPSA) is 12.0 Å². The predicted molar refractivity (Wildman–Crippen MR) is 43.4 cm³/mol. The third-order valence-corrected chi connectivity index (χ3v) is 1.75. The predicted octanol–water partition coefficient (Wildman–Crippen LogP) is 2.04. The summed E-state index contributed by atoms with van der Waals surface area (Å²) in [7, 11) is 0. The Hall–Kier alpha value is -0.440. The van der Waals surface area contributed by atoms with E-state index >= 15 is 0 Å². The molecule has 0 spiro atoms. The normalized spacial score (nSPS) is 24.2. The fourth-order valence-corrected chi connectivity index (χ4v) is 1.25. The van der Waals surface area contributed by atoms with Gasteiger partial charge in [-0.2, -0.15) is 0 Å². The molecule has 1 unspecified atom stereocenters. The van der Waals surface area contributed by atoms with E-state index in [-0.39, 0.29) is 0 Å². The third kappa shape index (κ3) is 1.77. The Kier molecular flexibility index (Phi) is 2.81. The van der Waals surface area contributed by atoms with Crippen LogP contribution in [0.5, 0.6) is 0 Å². The molecule has 0 radical (unpaired) electrons. The fraction of sp³-hybridized carbons (Fsp3) is 0.429. The highest BCUT2D eigenvalue weighted by atomic mass is 32.2. The molecule has 0 aromatic heterocycles. The van der Waals surface area contributed by atoms with Crippen LogP contribution >= 0.6 is 11.9 Å². The Bertz CT molecular complexity index is 165. The van der Waals surface area contributed by atoms with E-state index in [9.17, 15) is 4.39 Å². The maximum Gasteiger partial charge on any atom is 0.144 e. The molecule has 3 heteroatoms. The lowest BCUT2D eigenvalue weighted by atomic mass is 10.1. The van der Waals surface area contributed by atoms with E-state index < -0.39 is 6.17 Å². The molecule has 0 saturated heterocycles. The molecular formula is C7H10FNS. The van der Waals surface area contributed by atoms with Gasteiger partial charge in [-0.05, 0) is 6.08 Å². The summed E-state index contributed by atoms with van der Waals surface area (Å²) in [6.07, 6.45) is 7.01. The monoisotopic (exact) mass is 159 g/mol. The van der Waals surface area contributed by atoms with Gasteiger partial charge in [0.25, 0.3) is 0 Å². The highest BCUT2D eigenvalue weighted by Crippen LogP contribution is 2.15. The first kappa shape index (κ1) is 7.66. The molecule has 0 aromatic rings. The highest BCUT2D eigenvalue weighted by Gasteiger charge is 2.11. The smallest absolute Gasteiger partial charge is 0.144 e. The number of halogens is 1. The summed E-state index contributed by atoms with van der Waals surface area (Å²) in [6.45, 7) is 0. The summed E-state index contributed by atoms with van der Waals surface area (Å²) < 4.78 is 15.7. The number of hydrogen-bond donors (Lipinski definition) is 1. The van der Waals surface area contributed by atoms with E-state index in [1.54, 1.807) is 6.08 Å². The van der Waals surface area contributed by atoms with E-state index in [0.717, 1.165) is 0 Å². The average Bonchev–Trinajstić information content (AvgIpc) is 1.94. The molecule has 1 nitrogen and oxygen atoms in total. The second kappa shape index (κ2) is 3.66. The summed E-state index contributed by atoms with van der Waals surface area (Å²) in [6, 6.07) is 0. The Morgan fingerprint density at radius 3 is 3.20 bits per heavy atom. The van der Waals surface area contributed by atoms with Crippen LogP contribution in [0.4, 0.5) is 4.39 Å². The van der Waals surface area contributed by atoms with Crippen molar-refractivity contribution in [2.24, 2.45) is 0 Å². The zero-order chi connectivity index (χ0) is 7.40. The van der Waals surface area contributed by atoms with Crippen molar-refractivity contribution in [3.63, 3.8) is 0 Å². The van der Waals surface area contributed by atoms with Crippen LogP contribution in [0.2, 0.25) is 0 Å².